The van der Waals surface area contributed by atoms with Gasteiger partial charge in [0.2, 0.25) is 11.8 Å². The van der Waals surface area contributed by atoms with Crippen molar-refractivity contribution < 1.29 is 37.8 Å². The van der Waals surface area contributed by atoms with Gasteiger partial charge in [-0.05, 0) is 81.3 Å². The second kappa shape index (κ2) is 16.5. The molecule has 11 nitrogen and oxygen atoms in total. The van der Waals surface area contributed by atoms with Crippen molar-refractivity contribution in [1.29, 1.82) is 0 Å². The molecule has 0 bridgehead atoms. The predicted molar refractivity (Wildman–Crippen MR) is 189 cm³/mol. The molecule has 2 N–H and O–H groups in total. The van der Waals surface area contributed by atoms with Gasteiger partial charge in [0.25, 0.3) is 0 Å². The predicted octanol–water partition coefficient (Wildman–Crippen LogP) is 5.84. The molecule has 3 amide bonds. The number of ether oxygens (including phenoxy) is 3. The Morgan fingerprint density at radius 2 is 1.69 bits per heavy atom. The Morgan fingerprint density at radius 3 is 2.39 bits per heavy atom. The second-order valence-electron chi connectivity index (χ2n) is 14.1. The average Bonchev–Trinajstić information content (AvgIpc) is 3.48. The molecule has 3 atom stereocenters. The third-order valence-corrected chi connectivity index (χ3v) is 9.25. The van der Waals surface area contributed by atoms with E-state index in [1.807, 2.05) is 59.5 Å². The number of benzene rings is 3. The van der Waals surface area contributed by atoms with Crippen LogP contribution in [0.2, 0.25) is 0 Å². The number of hydrogen-bond donors (Lipinski definition) is 2. The van der Waals surface area contributed by atoms with Crippen LogP contribution in [0.3, 0.4) is 0 Å². The van der Waals surface area contributed by atoms with E-state index in [2.05, 4.69) is 10.6 Å². The molecule has 3 aromatic rings. The largest absolute Gasteiger partial charge is 0.457 e. The summed E-state index contributed by atoms with van der Waals surface area (Å²) in [4.78, 5) is 56.6. The van der Waals surface area contributed by atoms with E-state index in [-0.39, 0.29) is 35.7 Å². The first-order valence-corrected chi connectivity index (χ1v) is 17.3. The third-order valence-electron chi connectivity index (χ3n) is 9.25. The highest BCUT2D eigenvalue weighted by Gasteiger charge is 2.39. The minimum Gasteiger partial charge on any atom is -0.457 e. The van der Waals surface area contributed by atoms with Crippen molar-refractivity contribution >= 4 is 29.6 Å². The van der Waals surface area contributed by atoms with E-state index in [4.69, 9.17) is 14.2 Å². The summed E-state index contributed by atoms with van der Waals surface area (Å²) >= 11 is 0. The number of fused-ring (bicyclic) bond motifs is 1. The van der Waals surface area contributed by atoms with Gasteiger partial charge in [-0.15, -0.1) is 0 Å². The first-order chi connectivity index (χ1) is 24.3. The molecule has 5 rings (SSSR count). The highest BCUT2D eigenvalue weighted by Crippen LogP contribution is 2.36. The molecule has 0 spiro atoms. The van der Waals surface area contributed by atoms with Crippen molar-refractivity contribution in [3.63, 3.8) is 0 Å². The van der Waals surface area contributed by atoms with Gasteiger partial charge in [0.1, 0.15) is 30.1 Å². The fourth-order valence-electron chi connectivity index (χ4n) is 6.34. The van der Waals surface area contributed by atoms with Crippen molar-refractivity contribution in [3.8, 4) is 0 Å². The Kier molecular flexibility index (Phi) is 12.1. The van der Waals surface area contributed by atoms with E-state index in [0.717, 1.165) is 22.8 Å². The van der Waals surface area contributed by atoms with Crippen molar-refractivity contribution in [1.82, 2.24) is 15.1 Å². The Balaban J connectivity index is 1.34. The highest BCUT2D eigenvalue weighted by atomic mass is 19.1. The molecule has 0 saturated carbocycles. The molecule has 12 heteroatoms. The SMILES string of the molecule is C[C@@H](C(=O)NC(CN1Cc2ccccc2[C@H]1C(=O)Nc1cc(C(=O)OCc2ccccc2)ccc1F)C1CCOCC1)N(C)C(=O)OC(C)(C)C. The van der Waals surface area contributed by atoms with Crippen molar-refractivity contribution in [2.75, 3.05) is 32.1 Å². The van der Waals surface area contributed by atoms with Gasteiger partial charge in [-0.25, -0.2) is 14.0 Å². The van der Waals surface area contributed by atoms with Crippen LogP contribution in [0.4, 0.5) is 14.9 Å². The van der Waals surface area contributed by atoms with Crippen LogP contribution in [0, 0.1) is 11.7 Å². The summed E-state index contributed by atoms with van der Waals surface area (Å²) < 4.78 is 31.6. The summed E-state index contributed by atoms with van der Waals surface area (Å²) in [6.45, 7) is 8.78. The quantitative estimate of drug-likeness (QED) is 0.239. The molecule has 1 fully saturated rings. The average molecular weight is 703 g/mol. The second-order valence-corrected chi connectivity index (χ2v) is 14.1. The van der Waals surface area contributed by atoms with Gasteiger partial charge in [0.05, 0.1) is 11.3 Å². The lowest BCUT2D eigenvalue weighted by Crippen LogP contribution is -2.55. The molecule has 3 aromatic carbocycles. The van der Waals surface area contributed by atoms with Gasteiger partial charge in [-0.1, -0.05) is 54.6 Å². The van der Waals surface area contributed by atoms with Crippen molar-refractivity contribution in [2.45, 2.75) is 77.4 Å². The number of likely N-dealkylation sites (N-methyl/N-ethyl adjacent to an activating group) is 1. The van der Waals surface area contributed by atoms with Crippen LogP contribution in [0.5, 0.6) is 0 Å². The number of hydrogen-bond acceptors (Lipinski definition) is 8. The first-order valence-electron chi connectivity index (χ1n) is 17.3. The third kappa shape index (κ3) is 9.71. The zero-order chi connectivity index (χ0) is 36.7. The monoisotopic (exact) mass is 702 g/mol. The molecule has 1 saturated heterocycles. The molecule has 2 heterocycles. The summed E-state index contributed by atoms with van der Waals surface area (Å²) in [6, 6.07) is 18.4. The van der Waals surface area contributed by atoms with Gasteiger partial charge in [0, 0.05) is 39.4 Å². The van der Waals surface area contributed by atoms with Gasteiger partial charge in [0.15, 0.2) is 0 Å². The maximum Gasteiger partial charge on any atom is 0.410 e. The molecule has 0 aliphatic carbocycles. The van der Waals surface area contributed by atoms with Gasteiger partial charge < -0.3 is 24.8 Å². The lowest BCUT2D eigenvalue weighted by atomic mass is 9.90. The van der Waals surface area contributed by atoms with Crippen LogP contribution in [0.25, 0.3) is 0 Å². The van der Waals surface area contributed by atoms with E-state index in [1.54, 1.807) is 27.7 Å². The minimum atomic E-state index is -0.827. The Hall–Kier alpha value is -4.81. The molecule has 0 radical (unpaired) electrons. The van der Waals surface area contributed by atoms with Crippen LogP contribution in [0.15, 0.2) is 72.8 Å². The number of amides is 3. The van der Waals surface area contributed by atoms with Gasteiger partial charge >= 0.3 is 12.1 Å². The number of carbonyl (C=O) groups is 4. The highest BCUT2D eigenvalue weighted by molar-refractivity contribution is 5.98. The molecule has 51 heavy (non-hydrogen) atoms. The van der Waals surface area contributed by atoms with E-state index in [9.17, 15) is 19.2 Å². The number of rotatable bonds is 11. The van der Waals surface area contributed by atoms with E-state index in [1.165, 1.54) is 24.1 Å². The zero-order valence-corrected chi connectivity index (χ0v) is 29.8. The molecule has 2 aliphatic heterocycles. The lowest BCUT2D eigenvalue weighted by Gasteiger charge is -2.36. The topological polar surface area (TPSA) is 127 Å². The number of nitrogens with one attached hydrogen (secondary N) is 2. The fraction of sp³-hybridized carbons (Fsp3) is 0.436. The van der Waals surface area contributed by atoms with Crippen LogP contribution >= 0.6 is 0 Å². The molecule has 272 valence electrons. The molecule has 1 unspecified atom stereocenters. The fourth-order valence-corrected chi connectivity index (χ4v) is 6.34. The van der Waals surface area contributed by atoms with Gasteiger partial charge in [-0.2, -0.15) is 0 Å². The standard InChI is InChI=1S/C39H47FN4O7/c1-25(43(5)38(48)51-39(2,3)4)35(45)42-33(27-17-19-49-20-18-27)23-44-22-29-13-9-10-14-30(29)34(44)36(46)41-32-21-28(15-16-31(32)40)37(47)50-24-26-11-7-6-8-12-26/h6-16,21,25,27,33-34H,17-20,22-24H2,1-5H3,(H,41,46)(H,42,45)/t25-,33?,34-/m0/s1. The minimum absolute atomic E-state index is 0.0465. The molecular formula is C39H47FN4O7. The Morgan fingerprint density at radius 1 is 1.00 bits per heavy atom. The van der Waals surface area contributed by atoms with E-state index < -0.39 is 41.5 Å². The number of nitrogens with zero attached hydrogens (tertiary/aromatic N) is 2. The van der Waals surface area contributed by atoms with E-state index >= 15 is 4.39 Å². The van der Waals surface area contributed by atoms with Crippen LogP contribution < -0.4 is 10.6 Å². The van der Waals surface area contributed by atoms with Crippen molar-refractivity contribution in [3.05, 3.63) is 101 Å². The maximum absolute atomic E-state index is 15.1. The smallest absolute Gasteiger partial charge is 0.410 e. The van der Waals surface area contributed by atoms with Crippen molar-refractivity contribution in [2.24, 2.45) is 5.92 Å². The molecule has 2 aliphatic rings. The van der Waals surface area contributed by atoms with Crippen LogP contribution in [-0.2, 0) is 37.0 Å². The summed E-state index contributed by atoms with van der Waals surface area (Å²) in [5.74, 6) is -2.13. The van der Waals surface area contributed by atoms with E-state index in [0.29, 0.717) is 39.1 Å². The zero-order valence-electron chi connectivity index (χ0n) is 29.8. The number of anilines is 1. The Bertz CT molecular complexity index is 1710. The first kappa shape index (κ1) is 37.4. The molecule has 0 aromatic heterocycles. The maximum atomic E-state index is 15.1. The number of halogens is 1. The normalized spacial score (nSPS) is 17.5. The summed E-state index contributed by atoms with van der Waals surface area (Å²) in [6.07, 6.45) is 0.800. The summed E-state index contributed by atoms with van der Waals surface area (Å²) in [5.41, 5.74) is 1.74. The lowest BCUT2D eigenvalue weighted by molar-refractivity contribution is -0.127. The van der Waals surface area contributed by atoms with Crippen LogP contribution in [-0.4, -0.2) is 78.2 Å². The van der Waals surface area contributed by atoms with Gasteiger partial charge in [-0.3, -0.25) is 19.4 Å². The summed E-state index contributed by atoms with van der Waals surface area (Å²) in [5, 5.41) is 5.89. The number of esters is 1. The summed E-state index contributed by atoms with van der Waals surface area (Å²) in [7, 11) is 1.52. The van der Waals surface area contributed by atoms with Crippen LogP contribution in [0.1, 0.15) is 73.6 Å². The Labute approximate surface area is 298 Å². The molecular weight excluding hydrogens is 655 g/mol. The number of carbonyl (C=O) groups excluding carboxylic acids is 4.